The van der Waals surface area contributed by atoms with Crippen molar-refractivity contribution in [1.82, 2.24) is 0 Å². The Morgan fingerprint density at radius 1 is 1.19 bits per heavy atom. The molecule has 0 aromatic heterocycles. The molecule has 0 bridgehead atoms. The van der Waals surface area contributed by atoms with Gasteiger partial charge in [0.25, 0.3) is 0 Å². The summed E-state index contributed by atoms with van der Waals surface area (Å²) in [5.74, 6) is 0. The maximum Gasteiger partial charge on any atom is 0.106 e. The highest BCUT2D eigenvalue weighted by atomic mass is 79.9. The molecule has 0 saturated carbocycles. The van der Waals surface area contributed by atoms with Gasteiger partial charge in [-0.25, -0.2) is 0 Å². The SMILES string of the molecule is NC(=S)c1cc(Br)ccc1NC1CCc2ccccc2C1. The molecule has 1 aliphatic carbocycles. The Morgan fingerprint density at radius 3 is 2.71 bits per heavy atom. The largest absolute Gasteiger partial charge is 0.389 e. The molecular formula is C17H17BrN2S. The Labute approximate surface area is 138 Å². The number of nitrogens with one attached hydrogen (secondary N) is 1. The number of nitrogens with two attached hydrogens (primary N) is 1. The van der Waals surface area contributed by atoms with Crippen LogP contribution in [0.5, 0.6) is 0 Å². The lowest BCUT2D eigenvalue weighted by molar-refractivity contribution is 0.611. The summed E-state index contributed by atoms with van der Waals surface area (Å²) in [6.45, 7) is 0. The maximum atomic E-state index is 5.84. The number of halogens is 1. The van der Waals surface area contributed by atoms with Gasteiger partial charge in [0.05, 0.1) is 0 Å². The standard InChI is InChI=1S/C17H17BrN2S/c18-13-6-8-16(15(10-13)17(19)21)20-14-7-5-11-3-1-2-4-12(11)9-14/h1-4,6,8,10,14,20H,5,7,9H2,(H2,19,21). The van der Waals surface area contributed by atoms with Gasteiger partial charge in [-0.1, -0.05) is 52.4 Å². The summed E-state index contributed by atoms with van der Waals surface area (Å²) in [5, 5.41) is 3.61. The second-order valence-electron chi connectivity index (χ2n) is 5.41. The molecule has 1 aliphatic rings. The van der Waals surface area contributed by atoms with Crippen LogP contribution in [0.1, 0.15) is 23.1 Å². The molecule has 1 atom stereocenters. The van der Waals surface area contributed by atoms with Crippen LogP contribution in [0.15, 0.2) is 46.9 Å². The molecule has 2 aromatic rings. The zero-order valence-electron chi connectivity index (χ0n) is 11.6. The molecule has 2 nitrogen and oxygen atoms in total. The zero-order chi connectivity index (χ0) is 14.8. The number of rotatable bonds is 3. The molecule has 1 unspecified atom stereocenters. The molecule has 21 heavy (non-hydrogen) atoms. The average Bonchev–Trinajstić information content (AvgIpc) is 2.49. The molecule has 2 aromatic carbocycles. The molecule has 0 saturated heterocycles. The lowest BCUT2D eigenvalue weighted by atomic mass is 9.88. The third kappa shape index (κ3) is 3.27. The molecule has 3 rings (SSSR count). The summed E-state index contributed by atoms with van der Waals surface area (Å²) in [7, 11) is 0. The summed E-state index contributed by atoms with van der Waals surface area (Å²) >= 11 is 8.63. The van der Waals surface area contributed by atoms with Crippen molar-refractivity contribution in [2.75, 3.05) is 5.32 Å². The van der Waals surface area contributed by atoms with Gasteiger partial charge in [-0.15, -0.1) is 0 Å². The summed E-state index contributed by atoms with van der Waals surface area (Å²) in [6, 6.07) is 15.1. The molecule has 0 spiro atoms. The van der Waals surface area contributed by atoms with E-state index in [9.17, 15) is 0 Å². The van der Waals surface area contributed by atoms with Crippen LogP contribution in [0.3, 0.4) is 0 Å². The highest BCUT2D eigenvalue weighted by Crippen LogP contribution is 2.26. The normalized spacial score (nSPS) is 17.1. The minimum absolute atomic E-state index is 0.425. The second-order valence-corrected chi connectivity index (χ2v) is 6.76. The van der Waals surface area contributed by atoms with Crippen molar-refractivity contribution in [3.8, 4) is 0 Å². The lowest BCUT2D eigenvalue weighted by Crippen LogP contribution is -2.28. The molecule has 0 radical (unpaired) electrons. The van der Waals surface area contributed by atoms with Crippen molar-refractivity contribution in [1.29, 1.82) is 0 Å². The summed E-state index contributed by atoms with van der Waals surface area (Å²) in [5.41, 5.74) is 10.7. The Morgan fingerprint density at radius 2 is 1.95 bits per heavy atom. The molecule has 0 aliphatic heterocycles. The summed E-state index contributed by atoms with van der Waals surface area (Å²) in [6.07, 6.45) is 3.29. The molecular weight excluding hydrogens is 344 g/mol. The van der Waals surface area contributed by atoms with Gasteiger partial charge in [-0.3, -0.25) is 0 Å². The van der Waals surface area contributed by atoms with E-state index in [1.807, 2.05) is 18.2 Å². The quantitative estimate of drug-likeness (QED) is 0.810. The van der Waals surface area contributed by atoms with E-state index in [2.05, 4.69) is 45.5 Å². The Balaban J connectivity index is 1.81. The monoisotopic (exact) mass is 360 g/mol. The number of aryl methyl sites for hydroxylation is 1. The first-order valence-corrected chi connectivity index (χ1v) is 8.26. The van der Waals surface area contributed by atoms with Crippen LogP contribution in [0.2, 0.25) is 0 Å². The number of hydrogen-bond acceptors (Lipinski definition) is 2. The molecule has 3 N–H and O–H groups in total. The lowest BCUT2D eigenvalue weighted by Gasteiger charge is -2.27. The summed E-state index contributed by atoms with van der Waals surface area (Å²) in [4.78, 5) is 0.426. The Bertz CT molecular complexity index is 684. The van der Waals surface area contributed by atoms with Crippen LogP contribution in [0.25, 0.3) is 0 Å². The Kier molecular flexibility index (Phi) is 4.27. The molecule has 0 fully saturated rings. The average molecular weight is 361 g/mol. The number of thiocarbonyl (C=S) groups is 1. The van der Waals surface area contributed by atoms with Crippen LogP contribution in [-0.2, 0) is 12.8 Å². The van der Waals surface area contributed by atoms with Crippen LogP contribution < -0.4 is 11.1 Å². The van der Waals surface area contributed by atoms with Crippen molar-refractivity contribution in [3.63, 3.8) is 0 Å². The van der Waals surface area contributed by atoms with E-state index >= 15 is 0 Å². The minimum Gasteiger partial charge on any atom is -0.389 e. The number of benzene rings is 2. The van der Waals surface area contributed by atoms with Gasteiger partial charge in [0.1, 0.15) is 4.99 Å². The van der Waals surface area contributed by atoms with Crippen LogP contribution in [0.4, 0.5) is 5.69 Å². The second kappa shape index (κ2) is 6.16. The van der Waals surface area contributed by atoms with Crippen LogP contribution in [0, 0.1) is 0 Å². The van der Waals surface area contributed by atoms with E-state index in [4.69, 9.17) is 18.0 Å². The fraction of sp³-hybridized carbons (Fsp3) is 0.235. The van der Waals surface area contributed by atoms with Gasteiger partial charge < -0.3 is 11.1 Å². The van der Waals surface area contributed by atoms with Gasteiger partial charge in [-0.2, -0.15) is 0 Å². The number of fused-ring (bicyclic) bond motifs is 1. The zero-order valence-corrected chi connectivity index (χ0v) is 14.0. The van der Waals surface area contributed by atoms with E-state index in [0.29, 0.717) is 11.0 Å². The fourth-order valence-corrected chi connectivity index (χ4v) is 3.42. The topological polar surface area (TPSA) is 38.0 Å². The van der Waals surface area contributed by atoms with Crippen molar-refractivity contribution in [2.24, 2.45) is 5.73 Å². The van der Waals surface area contributed by atoms with Crippen molar-refractivity contribution < 1.29 is 0 Å². The van der Waals surface area contributed by atoms with E-state index in [1.54, 1.807) is 0 Å². The molecule has 0 heterocycles. The van der Waals surface area contributed by atoms with Gasteiger partial charge >= 0.3 is 0 Å². The predicted molar refractivity (Wildman–Crippen MR) is 95.9 cm³/mol. The van der Waals surface area contributed by atoms with E-state index in [1.165, 1.54) is 11.1 Å². The molecule has 0 amide bonds. The third-order valence-electron chi connectivity index (χ3n) is 3.95. The van der Waals surface area contributed by atoms with E-state index < -0.39 is 0 Å². The predicted octanol–water partition coefficient (Wildman–Crippen LogP) is 4.05. The van der Waals surface area contributed by atoms with Crippen molar-refractivity contribution in [2.45, 2.75) is 25.3 Å². The minimum atomic E-state index is 0.425. The van der Waals surface area contributed by atoms with Crippen molar-refractivity contribution in [3.05, 3.63) is 63.6 Å². The van der Waals surface area contributed by atoms with Gasteiger partial charge in [0, 0.05) is 21.8 Å². The first-order chi connectivity index (χ1) is 10.1. The van der Waals surface area contributed by atoms with E-state index in [-0.39, 0.29) is 0 Å². The van der Waals surface area contributed by atoms with Crippen LogP contribution in [-0.4, -0.2) is 11.0 Å². The first kappa shape index (κ1) is 14.5. The van der Waals surface area contributed by atoms with Gasteiger partial charge in [0.15, 0.2) is 0 Å². The van der Waals surface area contributed by atoms with Gasteiger partial charge in [0.2, 0.25) is 0 Å². The Hall–Kier alpha value is -1.39. The van der Waals surface area contributed by atoms with Crippen molar-refractivity contribution >= 4 is 38.8 Å². The number of hydrogen-bond donors (Lipinski definition) is 2. The van der Waals surface area contributed by atoms with E-state index in [0.717, 1.165) is 35.0 Å². The first-order valence-electron chi connectivity index (χ1n) is 7.06. The van der Waals surface area contributed by atoms with Crippen LogP contribution >= 0.6 is 28.1 Å². The maximum absolute atomic E-state index is 5.84. The molecule has 4 heteroatoms. The molecule has 108 valence electrons. The fourth-order valence-electron chi connectivity index (χ4n) is 2.89. The smallest absolute Gasteiger partial charge is 0.106 e. The number of anilines is 1. The summed E-state index contributed by atoms with van der Waals surface area (Å²) < 4.78 is 0.991. The highest BCUT2D eigenvalue weighted by molar-refractivity contribution is 9.10. The van der Waals surface area contributed by atoms with Gasteiger partial charge in [-0.05, 0) is 48.6 Å². The highest BCUT2D eigenvalue weighted by Gasteiger charge is 2.19. The third-order valence-corrected chi connectivity index (χ3v) is 4.67.